The number of benzene rings is 1. The van der Waals surface area contributed by atoms with Crippen molar-refractivity contribution < 1.29 is 22.7 Å². The van der Waals surface area contributed by atoms with E-state index >= 15 is 0 Å². The third kappa shape index (κ3) is 7.02. The Bertz CT molecular complexity index is 731. The van der Waals surface area contributed by atoms with Crippen molar-refractivity contribution >= 4 is 11.8 Å². The number of halogens is 3. The van der Waals surface area contributed by atoms with Gasteiger partial charge in [0, 0.05) is 36.9 Å². The van der Waals surface area contributed by atoms with Crippen molar-refractivity contribution in [1.82, 2.24) is 10.6 Å². The number of nitrogens with zero attached hydrogens (tertiary/aromatic N) is 1. The van der Waals surface area contributed by atoms with E-state index in [2.05, 4.69) is 15.5 Å². The summed E-state index contributed by atoms with van der Waals surface area (Å²) in [6.45, 7) is 7.11. The molecule has 5 nitrogen and oxygen atoms in total. The van der Waals surface area contributed by atoms with E-state index in [9.17, 15) is 18.0 Å². The molecule has 8 heteroatoms. The first-order valence-corrected chi connectivity index (χ1v) is 11.2. The molecule has 1 aliphatic heterocycles. The van der Waals surface area contributed by atoms with Gasteiger partial charge in [-0.25, -0.2) is 4.79 Å². The van der Waals surface area contributed by atoms with E-state index in [0.29, 0.717) is 0 Å². The summed E-state index contributed by atoms with van der Waals surface area (Å²) in [5.74, 6) is 0. The van der Waals surface area contributed by atoms with Gasteiger partial charge in [-0.15, -0.1) is 0 Å². The number of amides is 1. The predicted octanol–water partition coefficient (Wildman–Crippen LogP) is 5.10. The molecule has 31 heavy (non-hydrogen) atoms. The SMILES string of the molecule is CC(C)(C)OC(=O)N[C@@H]1CCCC[C@H]1N[C@H]1CCCN(c2ccc(C(F)(F)F)cc2)C1. The van der Waals surface area contributed by atoms with Crippen molar-refractivity contribution in [2.75, 3.05) is 18.0 Å². The van der Waals surface area contributed by atoms with Gasteiger partial charge in [-0.1, -0.05) is 12.8 Å². The Kier molecular flexibility index (Phi) is 7.39. The van der Waals surface area contributed by atoms with Gasteiger partial charge in [0.05, 0.1) is 5.56 Å². The van der Waals surface area contributed by atoms with E-state index in [-0.39, 0.29) is 24.2 Å². The lowest BCUT2D eigenvalue weighted by Crippen LogP contribution is -2.57. The Labute approximate surface area is 182 Å². The molecule has 1 aliphatic carbocycles. The highest BCUT2D eigenvalue weighted by molar-refractivity contribution is 5.68. The second kappa shape index (κ2) is 9.67. The zero-order valence-corrected chi connectivity index (χ0v) is 18.6. The first kappa shape index (κ1) is 23.7. The van der Waals surface area contributed by atoms with Crippen LogP contribution in [0.3, 0.4) is 0 Å². The van der Waals surface area contributed by atoms with Crippen LogP contribution in [-0.2, 0) is 10.9 Å². The van der Waals surface area contributed by atoms with Crippen LogP contribution in [0.25, 0.3) is 0 Å². The predicted molar refractivity (Wildman–Crippen MR) is 115 cm³/mol. The summed E-state index contributed by atoms with van der Waals surface area (Å²) in [5.41, 5.74) is -0.347. The Morgan fingerprint density at radius 2 is 1.65 bits per heavy atom. The first-order chi connectivity index (χ1) is 14.5. The Hall–Kier alpha value is -1.96. The lowest BCUT2D eigenvalue weighted by atomic mass is 9.89. The van der Waals surface area contributed by atoms with E-state index in [4.69, 9.17) is 4.74 Å². The standard InChI is InChI=1S/C23H34F3N3O2/c1-22(2,3)31-21(30)28-20-9-5-4-8-19(20)27-17-7-6-14-29(15-17)18-12-10-16(11-13-18)23(24,25)26/h10-13,17,19-20,27H,4-9,14-15H2,1-3H3,(H,28,30)/t17-,19+,20+/m0/s1. The van der Waals surface area contributed by atoms with Crippen LogP contribution in [-0.4, -0.2) is 42.9 Å². The minimum atomic E-state index is -4.32. The highest BCUT2D eigenvalue weighted by Gasteiger charge is 2.32. The monoisotopic (exact) mass is 441 g/mol. The minimum Gasteiger partial charge on any atom is -0.444 e. The van der Waals surface area contributed by atoms with E-state index in [1.165, 1.54) is 0 Å². The zero-order chi connectivity index (χ0) is 22.6. The topological polar surface area (TPSA) is 53.6 Å². The van der Waals surface area contributed by atoms with Gasteiger partial charge in [0.15, 0.2) is 0 Å². The molecule has 1 aromatic carbocycles. The number of alkyl halides is 3. The van der Waals surface area contributed by atoms with Gasteiger partial charge in [-0.2, -0.15) is 13.2 Å². The van der Waals surface area contributed by atoms with Crippen molar-refractivity contribution in [3.63, 3.8) is 0 Å². The molecule has 1 heterocycles. The van der Waals surface area contributed by atoms with Gasteiger partial charge in [-0.3, -0.25) is 0 Å². The van der Waals surface area contributed by atoms with E-state index in [1.807, 2.05) is 20.8 Å². The van der Waals surface area contributed by atoms with Crippen LogP contribution in [0.4, 0.5) is 23.7 Å². The summed E-state index contributed by atoms with van der Waals surface area (Å²) < 4.78 is 43.9. The van der Waals surface area contributed by atoms with Gasteiger partial charge in [-0.05, 0) is 70.7 Å². The Morgan fingerprint density at radius 3 is 2.26 bits per heavy atom. The smallest absolute Gasteiger partial charge is 0.416 e. The third-order valence-electron chi connectivity index (χ3n) is 5.90. The Morgan fingerprint density at radius 1 is 1.00 bits per heavy atom. The molecule has 1 saturated carbocycles. The van der Waals surface area contributed by atoms with E-state index in [0.717, 1.165) is 69.4 Å². The highest BCUT2D eigenvalue weighted by Crippen LogP contribution is 2.31. The molecular formula is C23H34F3N3O2. The fourth-order valence-corrected chi connectivity index (χ4v) is 4.47. The molecule has 0 aromatic heterocycles. The Balaban J connectivity index is 1.58. The third-order valence-corrected chi connectivity index (χ3v) is 5.90. The summed E-state index contributed by atoms with van der Waals surface area (Å²) >= 11 is 0. The van der Waals surface area contributed by atoms with Crippen molar-refractivity contribution in [2.45, 2.75) is 89.2 Å². The number of rotatable bonds is 4. The van der Waals surface area contributed by atoms with Crippen LogP contribution >= 0.6 is 0 Å². The molecule has 0 bridgehead atoms. The van der Waals surface area contributed by atoms with Crippen molar-refractivity contribution in [3.8, 4) is 0 Å². The second-order valence-electron chi connectivity index (χ2n) is 9.64. The van der Waals surface area contributed by atoms with Crippen LogP contribution in [0.2, 0.25) is 0 Å². The molecule has 3 rings (SSSR count). The maximum atomic E-state index is 12.8. The van der Waals surface area contributed by atoms with Crippen LogP contribution in [0.1, 0.15) is 64.9 Å². The fourth-order valence-electron chi connectivity index (χ4n) is 4.47. The summed E-state index contributed by atoms with van der Waals surface area (Å²) in [7, 11) is 0. The molecule has 3 atom stereocenters. The lowest BCUT2D eigenvalue weighted by molar-refractivity contribution is -0.137. The van der Waals surface area contributed by atoms with Crippen molar-refractivity contribution in [2.24, 2.45) is 0 Å². The number of nitrogens with one attached hydrogen (secondary N) is 2. The molecule has 2 N–H and O–H groups in total. The number of piperidine rings is 1. The van der Waals surface area contributed by atoms with Gasteiger partial charge in [0.2, 0.25) is 0 Å². The number of ether oxygens (including phenoxy) is 1. The number of carbonyl (C=O) groups excluding carboxylic acids is 1. The molecule has 2 fully saturated rings. The second-order valence-corrected chi connectivity index (χ2v) is 9.64. The number of alkyl carbamates (subject to hydrolysis) is 1. The molecule has 0 radical (unpaired) electrons. The van der Waals surface area contributed by atoms with Gasteiger partial charge in [0.25, 0.3) is 0 Å². The number of anilines is 1. The average Bonchev–Trinajstić information content (AvgIpc) is 2.68. The van der Waals surface area contributed by atoms with E-state index < -0.39 is 17.3 Å². The van der Waals surface area contributed by atoms with Crippen LogP contribution in [0.5, 0.6) is 0 Å². The molecule has 174 valence electrons. The maximum Gasteiger partial charge on any atom is 0.416 e. The van der Waals surface area contributed by atoms with Crippen LogP contribution in [0.15, 0.2) is 24.3 Å². The van der Waals surface area contributed by atoms with Gasteiger partial charge >= 0.3 is 12.3 Å². The maximum absolute atomic E-state index is 12.8. The largest absolute Gasteiger partial charge is 0.444 e. The van der Waals surface area contributed by atoms with E-state index in [1.54, 1.807) is 12.1 Å². The zero-order valence-electron chi connectivity index (χ0n) is 18.6. The molecule has 1 amide bonds. The summed E-state index contributed by atoms with van der Waals surface area (Å²) in [4.78, 5) is 14.4. The molecular weight excluding hydrogens is 407 g/mol. The van der Waals surface area contributed by atoms with Crippen LogP contribution < -0.4 is 15.5 Å². The van der Waals surface area contributed by atoms with Gasteiger partial charge in [0.1, 0.15) is 5.60 Å². The summed E-state index contributed by atoms with van der Waals surface area (Å²) in [5, 5.41) is 6.75. The first-order valence-electron chi connectivity index (χ1n) is 11.2. The van der Waals surface area contributed by atoms with Crippen LogP contribution in [0, 0.1) is 0 Å². The number of hydrogen-bond acceptors (Lipinski definition) is 4. The lowest BCUT2D eigenvalue weighted by Gasteiger charge is -2.40. The van der Waals surface area contributed by atoms with Crippen molar-refractivity contribution in [1.29, 1.82) is 0 Å². The highest BCUT2D eigenvalue weighted by atomic mass is 19.4. The minimum absolute atomic E-state index is 0.0186. The molecule has 2 aliphatic rings. The molecule has 1 saturated heterocycles. The fraction of sp³-hybridized carbons (Fsp3) is 0.696. The summed E-state index contributed by atoms with van der Waals surface area (Å²) in [6, 6.07) is 5.81. The number of carbonyl (C=O) groups is 1. The normalized spacial score (nSPS) is 25.2. The average molecular weight is 442 g/mol. The molecule has 0 spiro atoms. The molecule has 1 aromatic rings. The number of hydrogen-bond donors (Lipinski definition) is 2. The van der Waals surface area contributed by atoms with Gasteiger partial charge < -0.3 is 20.3 Å². The summed E-state index contributed by atoms with van der Waals surface area (Å²) in [6.07, 6.45) is 1.34. The quantitative estimate of drug-likeness (QED) is 0.683. The van der Waals surface area contributed by atoms with Crippen molar-refractivity contribution in [3.05, 3.63) is 29.8 Å². The molecule has 0 unspecified atom stereocenters.